The van der Waals surface area contributed by atoms with Gasteiger partial charge in [-0.15, -0.1) is 0 Å². The quantitative estimate of drug-likeness (QED) is 0.568. The predicted octanol–water partition coefficient (Wildman–Crippen LogP) is 3.35. The van der Waals surface area contributed by atoms with Gasteiger partial charge in [-0.25, -0.2) is 5.43 Å². The van der Waals surface area contributed by atoms with Crippen molar-refractivity contribution in [3.05, 3.63) is 77.6 Å². The summed E-state index contributed by atoms with van der Waals surface area (Å²) in [6.45, 7) is 2.16. The number of hydrogen-bond acceptors (Lipinski definition) is 3. The Labute approximate surface area is 124 Å². The highest BCUT2D eigenvalue weighted by atomic mass is 15.2. The minimum absolute atomic E-state index is 0.0606. The summed E-state index contributed by atoms with van der Waals surface area (Å²) < 4.78 is 0. The van der Waals surface area contributed by atoms with Crippen molar-refractivity contribution >= 4 is 10.8 Å². The Morgan fingerprint density at radius 1 is 1.05 bits per heavy atom. The van der Waals surface area contributed by atoms with Crippen LogP contribution in [0.2, 0.25) is 0 Å². The van der Waals surface area contributed by atoms with Gasteiger partial charge in [-0.3, -0.25) is 10.8 Å². The van der Waals surface area contributed by atoms with E-state index in [0.717, 1.165) is 22.9 Å². The van der Waals surface area contributed by atoms with Crippen molar-refractivity contribution in [2.45, 2.75) is 19.4 Å². The number of benzene rings is 2. The Kier molecular flexibility index (Phi) is 3.95. The lowest BCUT2D eigenvalue weighted by Crippen LogP contribution is -2.29. The molecule has 1 atom stereocenters. The lowest BCUT2D eigenvalue weighted by atomic mass is 9.95. The van der Waals surface area contributed by atoms with Gasteiger partial charge in [0.15, 0.2) is 0 Å². The van der Waals surface area contributed by atoms with E-state index in [4.69, 9.17) is 5.84 Å². The third-order valence-electron chi connectivity index (χ3n) is 3.90. The Hall–Kier alpha value is -2.23. The highest BCUT2D eigenvalue weighted by Gasteiger charge is 2.15. The number of fused-ring (bicyclic) bond motifs is 1. The molecular formula is C18H19N3. The first-order valence-electron chi connectivity index (χ1n) is 7.21. The van der Waals surface area contributed by atoms with Crippen LogP contribution in [0.3, 0.4) is 0 Å². The molecule has 0 aliphatic rings. The van der Waals surface area contributed by atoms with Crippen molar-refractivity contribution in [2.75, 3.05) is 0 Å². The van der Waals surface area contributed by atoms with E-state index >= 15 is 0 Å². The summed E-state index contributed by atoms with van der Waals surface area (Å²) in [6, 6.07) is 16.7. The Balaban J connectivity index is 2.09. The van der Waals surface area contributed by atoms with Crippen LogP contribution in [0.4, 0.5) is 0 Å². The topological polar surface area (TPSA) is 50.9 Å². The van der Waals surface area contributed by atoms with Crippen molar-refractivity contribution in [3.63, 3.8) is 0 Å². The van der Waals surface area contributed by atoms with Crippen LogP contribution >= 0.6 is 0 Å². The van der Waals surface area contributed by atoms with Gasteiger partial charge >= 0.3 is 0 Å². The van der Waals surface area contributed by atoms with Crippen LogP contribution in [-0.4, -0.2) is 4.98 Å². The minimum Gasteiger partial charge on any atom is -0.271 e. The summed E-state index contributed by atoms with van der Waals surface area (Å²) in [6.07, 6.45) is 4.81. The maximum Gasteiger partial charge on any atom is 0.0731 e. The summed E-state index contributed by atoms with van der Waals surface area (Å²) in [5, 5.41) is 2.30. The lowest BCUT2D eigenvalue weighted by molar-refractivity contribution is 0.639. The molecule has 3 heteroatoms. The SMILES string of the molecule is CCc1ccc(C(NN)c2cncc3ccccc23)cc1. The largest absolute Gasteiger partial charge is 0.271 e. The molecule has 1 heterocycles. The maximum absolute atomic E-state index is 5.82. The molecule has 0 saturated heterocycles. The molecule has 1 unspecified atom stereocenters. The standard InChI is InChI=1S/C18H19N3/c1-2-13-7-9-14(10-8-13)18(21-19)17-12-20-11-15-5-3-4-6-16(15)17/h3-12,18,21H,2,19H2,1H3. The number of aromatic nitrogens is 1. The number of nitrogens with two attached hydrogens (primary N) is 1. The van der Waals surface area contributed by atoms with Gasteiger partial charge in [-0.1, -0.05) is 55.5 Å². The van der Waals surface area contributed by atoms with E-state index in [1.807, 2.05) is 24.5 Å². The third kappa shape index (κ3) is 2.66. The minimum atomic E-state index is -0.0606. The van der Waals surface area contributed by atoms with E-state index < -0.39 is 0 Å². The van der Waals surface area contributed by atoms with E-state index in [9.17, 15) is 0 Å². The molecule has 2 aromatic carbocycles. The van der Waals surface area contributed by atoms with E-state index in [1.54, 1.807) is 0 Å². The van der Waals surface area contributed by atoms with Gasteiger partial charge in [-0.2, -0.15) is 0 Å². The molecule has 0 aliphatic heterocycles. The zero-order valence-corrected chi connectivity index (χ0v) is 12.1. The van der Waals surface area contributed by atoms with Gasteiger partial charge in [0.2, 0.25) is 0 Å². The fourth-order valence-corrected chi connectivity index (χ4v) is 2.68. The summed E-state index contributed by atoms with van der Waals surface area (Å²) in [4.78, 5) is 4.35. The molecule has 3 aromatic rings. The van der Waals surface area contributed by atoms with E-state index in [0.29, 0.717) is 0 Å². The molecule has 3 rings (SSSR count). The van der Waals surface area contributed by atoms with Crippen LogP contribution in [0.25, 0.3) is 10.8 Å². The van der Waals surface area contributed by atoms with Crippen LogP contribution in [0.1, 0.15) is 29.7 Å². The van der Waals surface area contributed by atoms with Crippen molar-refractivity contribution in [1.82, 2.24) is 10.4 Å². The molecule has 0 amide bonds. The highest BCUT2D eigenvalue weighted by Crippen LogP contribution is 2.27. The number of aryl methyl sites for hydroxylation is 1. The zero-order valence-electron chi connectivity index (χ0n) is 12.1. The summed E-state index contributed by atoms with van der Waals surface area (Å²) >= 11 is 0. The number of nitrogens with one attached hydrogen (secondary N) is 1. The second-order valence-electron chi connectivity index (χ2n) is 5.14. The molecule has 21 heavy (non-hydrogen) atoms. The average molecular weight is 277 g/mol. The molecule has 0 fully saturated rings. The van der Waals surface area contributed by atoms with Crippen molar-refractivity contribution < 1.29 is 0 Å². The van der Waals surface area contributed by atoms with Gasteiger partial charge in [0, 0.05) is 23.3 Å². The molecule has 0 bridgehead atoms. The van der Waals surface area contributed by atoms with Crippen LogP contribution in [0.15, 0.2) is 60.9 Å². The lowest BCUT2D eigenvalue weighted by Gasteiger charge is -2.18. The van der Waals surface area contributed by atoms with E-state index in [2.05, 4.69) is 53.7 Å². The smallest absolute Gasteiger partial charge is 0.0731 e. The molecule has 0 radical (unpaired) electrons. The molecule has 3 nitrogen and oxygen atoms in total. The first kappa shape index (κ1) is 13.7. The number of hydrogen-bond donors (Lipinski definition) is 2. The van der Waals surface area contributed by atoms with Gasteiger partial charge in [0.25, 0.3) is 0 Å². The van der Waals surface area contributed by atoms with E-state index in [-0.39, 0.29) is 6.04 Å². The van der Waals surface area contributed by atoms with Gasteiger partial charge in [0.1, 0.15) is 0 Å². The average Bonchev–Trinajstić information content (AvgIpc) is 2.56. The number of hydrazine groups is 1. The molecule has 106 valence electrons. The van der Waals surface area contributed by atoms with Crippen LogP contribution < -0.4 is 11.3 Å². The van der Waals surface area contributed by atoms with E-state index in [1.165, 1.54) is 10.9 Å². The molecular weight excluding hydrogens is 258 g/mol. The second kappa shape index (κ2) is 6.04. The molecule has 0 aliphatic carbocycles. The normalized spacial score (nSPS) is 12.5. The van der Waals surface area contributed by atoms with Gasteiger partial charge in [0.05, 0.1) is 6.04 Å². The third-order valence-corrected chi connectivity index (χ3v) is 3.90. The number of rotatable bonds is 4. The Morgan fingerprint density at radius 2 is 1.81 bits per heavy atom. The predicted molar refractivity (Wildman–Crippen MR) is 86.7 cm³/mol. The van der Waals surface area contributed by atoms with Crippen LogP contribution in [0, 0.1) is 0 Å². The van der Waals surface area contributed by atoms with Gasteiger partial charge < -0.3 is 0 Å². The van der Waals surface area contributed by atoms with Crippen LogP contribution in [0.5, 0.6) is 0 Å². The van der Waals surface area contributed by atoms with Gasteiger partial charge in [-0.05, 0) is 22.9 Å². The number of nitrogens with zero attached hydrogens (tertiary/aromatic N) is 1. The first-order valence-corrected chi connectivity index (χ1v) is 7.21. The summed E-state index contributed by atoms with van der Waals surface area (Å²) in [5.41, 5.74) is 6.49. The Bertz CT molecular complexity index is 730. The molecule has 0 saturated carbocycles. The van der Waals surface area contributed by atoms with Crippen molar-refractivity contribution in [1.29, 1.82) is 0 Å². The van der Waals surface area contributed by atoms with Crippen molar-refractivity contribution in [3.8, 4) is 0 Å². The van der Waals surface area contributed by atoms with Crippen LogP contribution in [-0.2, 0) is 6.42 Å². The molecule has 1 aromatic heterocycles. The number of pyridine rings is 1. The zero-order chi connectivity index (χ0) is 14.7. The van der Waals surface area contributed by atoms with Crippen molar-refractivity contribution in [2.24, 2.45) is 5.84 Å². The molecule has 0 spiro atoms. The first-order chi connectivity index (χ1) is 10.3. The maximum atomic E-state index is 5.82. The Morgan fingerprint density at radius 3 is 2.52 bits per heavy atom. The highest BCUT2D eigenvalue weighted by molar-refractivity contribution is 5.85. The molecule has 3 N–H and O–H groups in total. The monoisotopic (exact) mass is 277 g/mol. The fraction of sp³-hybridized carbons (Fsp3) is 0.167. The summed E-state index contributed by atoms with van der Waals surface area (Å²) in [5.74, 6) is 5.82. The summed E-state index contributed by atoms with van der Waals surface area (Å²) in [7, 11) is 0. The second-order valence-corrected chi connectivity index (χ2v) is 5.14. The fourth-order valence-electron chi connectivity index (χ4n) is 2.68.